The molecular weight excluding hydrogens is 266 g/mol. The van der Waals surface area contributed by atoms with Crippen LogP contribution in [0.3, 0.4) is 0 Å². The van der Waals surface area contributed by atoms with Gasteiger partial charge in [-0.25, -0.2) is 0 Å². The molecule has 1 unspecified atom stereocenters. The van der Waals surface area contributed by atoms with Crippen molar-refractivity contribution >= 4 is 11.8 Å². The molecule has 1 aromatic rings. The third-order valence-corrected chi connectivity index (χ3v) is 3.65. The average Bonchev–Trinajstić information content (AvgIpc) is 2.50. The van der Waals surface area contributed by atoms with Crippen molar-refractivity contribution in [1.29, 1.82) is 0 Å². The summed E-state index contributed by atoms with van der Waals surface area (Å²) in [5, 5.41) is 8.89. The fourth-order valence-electron chi connectivity index (χ4n) is 2.34. The summed E-state index contributed by atoms with van der Waals surface area (Å²) in [6, 6.07) is 7.97. The molecule has 1 aliphatic rings. The van der Waals surface area contributed by atoms with E-state index >= 15 is 0 Å². The van der Waals surface area contributed by atoms with E-state index < -0.39 is 0 Å². The van der Waals surface area contributed by atoms with Gasteiger partial charge in [0.25, 0.3) is 0 Å². The van der Waals surface area contributed by atoms with Crippen LogP contribution in [0.5, 0.6) is 0 Å². The molecule has 114 valence electrons. The molecule has 2 rings (SSSR count). The van der Waals surface area contributed by atoms with Gasteiger partial charge in [0, 0.05) is 25.6 Å². The van der Waals surface area contributed by atoms with E-state index in [1.54, 1.807) is 0 Å². The van der Waals surface area contributed by atoms with Crippen molar-refractivity contribution in [3.63, 3.8) is 0 Å². The predicted molar refractivity (Wildman–Crippen MR) is 81.6 cm³/mol. The van der Waals surface area contributed by atoms with Crippen molar-refractivity contribution in [3.05, 3.63) is 35.4 Å². The highest BCUT2D eigenvalue weighted by Gasteiger charge is 2.23. The van der Waals surface area contributed by atoms with Gasteiger partial charge < -0.3 is 16.0 Å². The average molecular weight is 289 g/mol. The smallest absolute Gasteiger partial charge is 0.237 e. The summed E-state index contributed by atoms with van der Waals surface area (Å²) < 4.78 is 0. The molecule has 0 bridgehead atoms. The van der Waals surface area contributed by atoms with Crippen molar-refractivity contribution in [1.82, 2.24) is 16.0 Å². The predicted octanol–water partition coefficient (Wildman–Crippen LogP) is 0.589. The summed E-state index contributed by atoms with van der Waals surface area (Å²) in [4.78, 5) is 23.5. The van der Waals surface area contributed by atoms with Crippen LogP contribution < -0.4 is 16.0 Å². The molecule has 1 heterocycles. The summed E-state index contributed by atoms with van der Waals surface area (Å²) in [7, 11) is 0. The Morgan fingerprint density at radius 2 is 1.86 bits per heavy atom. The largest absolute Gasteiger partial charge is 0.354 e. The van der Waals surface area contributed by atoms with E-state index in [1.807, 2.05) is 26.0 Å². The monoisotopic (exact) mass is 289 g/mol. The molecule has 0 aromatic heterocycles. The van der Waals surface area contributed by atoms with Gasteiger partial charge in [-0.05, 0) is 17.5 Å². The van der Waals surface area contributed by atoms with Crippen LogP contribution in [-0.4, -0.2) is 30.9 Å². The lowest BCUT2D eigenvalue weighted by Gasteiger charge is -2.25. The number of amides is 2. The molecule has 0 spiro atoms. The summed E-state index contributed by atoms with van der Waals surface area (Å²) in [6.07, 6.45) is 0.709. The van der Waals surface area contributed by atoms with Gasteiger partial charge in [-0.2, -0.15) is 0 Å². The molecular formula is C16H23N3O2. The second-order valence-corrected chi connectivity index (χ2v) is 5.64. The minimum Gasteiger partial charge on any atom is -0.354 e. The lowest BCUT2D eigenvalue weighted by molar-refractivity contribution is -0.125. The molecule has 1 aliphatic heterocycles. The van der Waals surface area contributed by atoms with E-state index in [9.17, 15) is 9.59 Å². The molecule has 21 heavy (non-hydrogen) atoms. The Bertz CT molecular complexity index is 514. The fraction of sp³-hybridized carbons (Fsp3) is 0.500. The molecule has 0 radical (unpaired) electrons. The summed E-state index contributed by atoms with van der Waals surface area (Å²) in [6.45, 7) is 5.33. The first-order valence-corrected chi connectivity index (χ1v) is 7.43. The number of fused-ring (bicyclic) bond motifs is 1. The number of hydrogen-bond acceptors (Lipinski definition) is 3. The number of carbonyl (C=O) groups is 2. The molecule has 0 fully saturated rings. The SMILES string of the molecule is CC(C)C(=O)NCCNC(=O)C1Cc2ccccc2CN1. The topological polar surface area (TPSA) is 70.2 Å². The van der Waals surface area contributed by atoms with Crippen LogP contribution in [0.15, 0.2) is 24.3 Å². The van der Waals surface area contributed by atoms with Crippen LogP contribution in [0.4, 0.5) is 0 Å². The highest BCUT2D eigenvalue weighted by atomic mass is 16.2. The summed E-state index contributed by atoms with van der Waals surface area (Å²) in [5.41, 5.74) is 2.48. The van der Waals surface area contributed by atoms with Crippen LogP contribution >= 0.6 is 0 Å². The zero-order chi connectivity index (χ0) is 15.2. The van der Waals surface area contributed by atoms with E-state index in [4.69, 9.17) is 0 Å². The van der Waals surface area contributed by atoms with Crippen LogP contribution in [0.25, 0.3) is 0 Å². The van der Waals surface area contributed by atoms with Crippen molar-refractivity contribution in [2.24, 2.45) is 5.92 Å². The van der Waals surface area contributed by atoms with E-state index in [2.05, 4.69) is 28.1 Å². The Kier molecular flexibility index (Phi) is 5.33. The van der Waals surface area contributed by atoms with Crippen molar-refractivity contribution in [2.75, 3.05) is 13.1 Å². The second-order valence-electron chi connectivity index (χ2n) is 5.64. The molecule has 5 nitrogen and oxygen atoms in total. The highest BCUT2D eigenvalue weighted by Crippen LogP contribution is 2.16. The third-order valence-electron chi connectivity index (χ3n) is 3.65. The maximum atomic E-state index is 12.1. The van der Waals surface area contributed by atoms with Gasteiger partial charge in [0.2, 0.25) is 11.8 Å². The lowest BCUT2D eigenvalue weighted by atomic mass is 9.95. The zero-order valence-corrected chi connectivity index (χ0v) is 12.6. The summed E-state index contributed by atoms with van der Waals surface area (Å²) >= 11 is 0. The van der Waals surface area contributed by atoms with Crippen molar-refractivity contribution < 1.29 is 9.59 Å². The Labute approximate surface area is 125 Å². The second kappa shape index (κ2) is 7.22. The number of hydrogen-bond donors (Lipinski definition) is 3. The molecule has 2 amide bonds. The fourth-order valence-corrected chi connectivity index (χ4v) is 2.34. The number of carbonyl (C=O) groups excluding carboxylic acids is 2. The Hall–Kier alpha value is -1.88. The standard InChI is InChI=1S/C16H23N3O2/c1-11(2)15(20)17-7-8-18-16(21)14-9-12-5-3-4-6-13(12)10-19-14/h3-6,11,14,19H,7-10H2,1-2H3,(H,17,20)(H,18,21). The maximum absolute atomic E-state index is 12.1. The molecule has 0 saturated heterocycles. The highest BCUT2D eigenvalue weighted by molar-refractivity contribution is 5.82. The first kappa shape index (κ1) is 15.5. The third kappa shape index (κ3) is 4.29. The molecule has 3 N–H and O–H groups in total. The minimum absolute atomic E-state index is 0.00830. The van der Waals surface area contributed by atoms with Gasteiger partial charge in [-0.1, -0.05) is 38.1 Å². The van der Waals surface area contributed by atoms with Crippen LogP contribution in [0.1, 0.15) is 25.0 Å². The molecule has 5 heteroatoms. The van der Waals surface area contributed by atoms with Gasteiger partial charge in [0.05, 0.1) is 6.04 Å². The molecule has 0 saturated carbocycles. The van der Waals surface area contributed by atoms with Gasteiger partial charge in [0.15, 0.2) is 0 Å². The normalized spacial score (nSPS) is 17.2. The van der Waals surface area contributed by atoms with Crippen LogP contribution in [0, 0.1) is 5.92 Å². The number of rotatable bonds is 5. The van der Waals surface area contributed by atoms with Gasteiger partial charge in [-0.3, -0.25) is 9.59 Å². The van der Waals surface area contributed by atoms with E-state index in [-0.39, 0.29) is 23.8 Å². The first-order chi connectivity index (χ1) is 10.1. The molecule has 1 atom stereocenters. The number of benzene rings is 1. The van der Waals surface area contributed by atoms with E-state index in [0.717, 1.165) is 6.54 Å². The van der Waals surface area contributed by atoms with E-state index in [0.29, 0.717) is 19.5 Å². The Balaban J connectivity index is 1.74. The van der Waals surface area contributed by atoms with Crippen molar-refractivity contribution in [3.8, 4) is 0 Å². The van der Waals surface area contributed by atoms with Crippen molar-refractivity contribution in [2.45, 2.75) is 32.9 Å². The Morgan fingerprint density at radius 3 is 2.57 bits per heavy atom. The van der Waals surface area contributed by atoms with Gasteiger partial charge >= 0.3 is 0 Å². The lowest BCUT2D eigenvalue weighted by Crippen LogP contribution is -2.49. The van der Waals surface area contributed by atoms with Gasteiger partial charge in [-0.15, -0.1) is 0 Å². The van der Waals surface area contributed by atoms with Crippen LogP contribution in [-0.2, 0) is 22.6 Å². The van der Waals surface area contributed by atoms with Crippen LogP contribution in [0.2, 0.25) is 0 Å². The first-order valence-electron chi connectivity index (χ1n) is 7.43. The zero-order valence-electron chi connectivity index (χ0n) is 12.6. The Morgan fingerprint density at radius 1 is 1.19 bits per heavy atom. The molecule has 1 aromatic carbocycles. The quantitative estimate of drug-likeness (QED) is 0.695. The minimum atomic E-state index is -0.194. The maximum Gasteiger partial charge on any atom is 0.237 e. The molecule has 0 aliphatic carbocycles. The van der Waals surface area contributed by atoms with Gasteiger partial charge in [0.1, 0.15) is 0 Å². The van der Waals surface area contributed by atoms with E-state index in [1.165, 1.54) is 11.1 Å². The number of nitrogens with one attached hydrogen (secondary N) is 3. The summed E-state index contributed by atoms with van der Waals surface area (Å²) in [5.74, 6) is -0.0329.